The Balaban J connectivity index is 1.83. The van der Waals surface area contributed by atoms with E-state index >= 15 is 0 Å². The second-order valence-electron chi connectivity index (χ2n) is 4.12. The first-order valence-corrected chi connectivity index (χ1v) is 5.04. The molecule has 1 rings (SSSR count). The van der Waals surface area contributed by atoms with Crippen LogP contribution in [0.4, 0.5) is 0 Å². The minimum atomic E-state index is 0.546. The number of nitrogens with one attached hydrogen (secondary N) is 1. The molecule has 0 aromatic heterocycles. The Bertz CT molecular complexity index is 135. The Labute approximate surface area is 80.8 Å². The van der Waals surface area contributed by atoms with Crippen LogP contribution >= 0.6 is 0 Å². The van der Waals surface area contributed by atoms with Crippen LogP contribution < -0.4 is 5.32 Å². The van der Waals surface area contributed by atoms with Gasteiger partial charge in [-0.05, 0) is 18.3 Å². The van der Waals surface area contributed by atoms with Crippen molar-refractivity contribution in [2.45, 2.75) is 19.8 Å². The zero-order valence-electron chi connectivity index (χ0n) is 8.77. The van der Waals surface area contributed by atoms with Gasteiger partial charge in [-0.2, -0.15) is 0 Å². The van der Waals surface area contributed by atoms with Crippen LogP contribution in [0.25, 0.3) is 0 Å². The predicted octanol–water partition coefficient (Wildman–Crippen LogP) is 1.04. The molecule has 0 amide bonds. The average Bonchev–Trinajstić information content (AvgIpc) is 2.08. The van der Waals surface area contributed by atoms with Gasteiger partial charge < -0.3 is 14.8 Å². The summed E-state index contributed by atoms with van der Waals surface area (Å²) in [5.41, 5.74) is 0.546. The maximum Gasteiger partial charge on any atom is 0.0700 e. The van der Waals surface area contributed by atoms with Gasteiger partial charge in [-0.15, -0.1) is 0 Å². The van der Waals surface area contributed by atoms with Gasteiger partial charge in [0.2, 0.25) is 0 Å². The van der Waals surface area contributed by atoms with E-state index in [1.807, 2.05) is 0 Å². The maximum absolute atomic E-state index is 5.39. The molecule has 3 heteroatoms. The van der Waals surface area contributed by atoms with Crippen molar-refractivity contribution >= 4 is 0 Å². The number of methoxy groups -OCH3 is 1. The molecule has 78 valence electrons. The van der Waals surface area contributed by atoms with Crippen molar-refractivity contribution in [3.63, 3.8) is 0 Å². The van der Waals surface area contributed by atoms with Crippen LogP contribution in [0.2, 0.25) is 0 Å². The Morgan fingerprint density at radius 3 is 2.54 bits per heavy atom. The highest BCUT2D eigenvalue weighted by molar-refractivity contribution is 4.87. The minimum Gasteiger partial charge on any atom is -0.382 e. The van der Waals surface area contributed by atoms with E-state index in [1.54, 1.807) is 7.11 Å². The third-order valence-corrected chi connectivity index (χ3v) is 2.60. The Morgan fingerprint density at radius 1 is 1.23 bits per heavy atom. The number of hydrogen-bond acceptors (Lipinski definition) is 3. The van der Waals surface area contributed by atoms with Crippen LogP contribution in [0, 0.1) is 5.41 Å². The molecule has 1 saturated heterocycles. The summed E-state index contributed by atoms with van der Waals surface area (Å²) in [4.78, 5) is 0. The Hall–Kier alpha value is -0.120. The third kappa shape index (κ3) is 4.07. The van der Waals surface area contributed by atoms with E-state index in [9.17, 15) is 0 Å². The van der Waals surface area contributed by atoms with E-state index < -0.39 is 0 Å². The average molecular weight is 187 g/mol. The zero-order valence-corrected chi connectivity index (χ0v) is 8.77. The van der Waals surface area contributed by atoms with Crippen molar-refractivity contribution in [1.29, 1.82) is 0 Å². The van der Waals surface area contributed by atoms with Gasteiger partial charge in [0, 0.05) is 26.8 Å². The maximum atomic E-state index is 5.39. The normalized spacial score (nSPS) is 19.8. The van der Waals surface area contributed by atoms with Gasteiger partial charge in [0.25, 0.3) is 0 Å². The van der Waals surface area contributed by atoms with Gasteiger partial charge in [0.1, 0.15) is 0 Å². The summed E-state index contributed by atoms with van der Waals surface area (Å²) in [7, 11) is 1.70. The molecule has 0 aromatic carbocycles. The van der Waals surface area contributed by atoms with Gasteiger partial charge in [0.15, 0.2) is 0 Å². The quantitative estimate of drug-likeness (QED) is 0.604. The summed E-state index contributed by atoms with van der Waals surface area (Å²) < 4.78 is 10.3. The first kappa shape index (κ1) is 11.0. The number of rotatable bonds is 7. The lowest BCUT2D eigenvalue weighted by atomic mass is 9.80. The van der Waals surface area contributed by atoms with Crippen LogP contribution in [0.3, 0.4) is 0 Å². The first-order chi connectivity index (χ1) is 6.27. The number of ether oxygens (including phenoxy) is 2. The third-order valence-electron chi connectivity index (χ3n) is 2.60. The molecule has 0 radical (unpaired) electrons. The zero-order chi connectivity index (χ0) is 9.57. The summed E-state index contributed by atoms with van der Waals surface area (Å²) in [5.74, 6) is 0. The molecular weight excluding hydrogens is 166 g/mol. The summed E-state index contributed by atoms with van der Waals surface area (Å²) in [5, 5.41) is 3.30. The first-order valence-electron chi connectivity index (χ1n) is 5.04. The minimum absolute atomic E-state index is 0.546. The molecule has 0 aromatic rings. The van der Waals surface area contributed by atoms with Crippen molar-refractivity contribution in [3.05, 3.63) is 0 Å². The van der Waals surface area contributed by atoms with E-state index in [2.05, 4.69) is 12.2 Å². The summed E-state index contributed by atoms with van der Waals surface area (Å²) >= 11 is 0. The standard InChI is InChI=1S/C10H21NO2/c1-10(8-11-9-10)4-3-5-13-7-6-12-2/h11H,3-9H2,1-2H3. The molecule has 0 spiro atoms. The molecule has 1 heterocycles. The fraction of sp³-hybridized carbons (Fsp3) is 1.00. The van der Waals surface area contributed by atoms with Crippen LogP contribution in [0.1, 0.15) is 19.8 Å². The van der Waals surface area contributed by atoms with Gasteiger partial charge in [-0.3, -0.25) is 0 Å². The van der Waals surface area contributed by atoms with E-state index in [1.165, 1.54) is 25.9 Å². The van der Waals surface area contributed by atoms with Gasteiger partial charge in [-0.1, -0.05) is 6.92 Å². The summed E-state index contributed by atoms with van der Waals surface area (Å²) in [6, 6.07) is 0. The largest absolute Gasteiger partial charge is 0.382 e. The second kappa shape index (κ2) is 5.58. The lowest BCUT2D eigenvalue weighted by Gasteiger charge is -2.39. The van der Waals surface area contributed by atoms with Crippen molar-refractivity contribution in [2.24, 2.45) is 5.41 Å². The lowest BCUT2D eigenvalue weighted by Crippen LogP contribution is -2.51. The number of hydrogen-bond donors (Lipinski definition) is 1. The van der Waals surface area contributed by atoms with Crippen LogP contribution in [0.5, 0.6) is 0 Å². The SMILES string of the molecule is COCCOCCCC1(C)CNC1. The van der Waals surface area contributed by atoms with E-state index in [0.29, 0.717) is 12.0 Å². The fourth-order valence-corrected chi connectivity index (χ4v) is 1.57. The highest BCUT2D eigenvalue weighted by Gasteiger charge is 2.30. The molecule has 3 nitrogen and oxygen atoms in total. The van der Waals surface area contributed by atoms with Crippen molar-refractivity contribution in [3.8, 4) is 0 Å². The highest BCUT2D eigenvalue weighted by Crippen LogP contribution is 2.27. The highest BCUT2D eigenvalue weighted by atomic mass is 16.5. The van der Waals surface area contributed by atoms with Gasteiger partial charge in [-0.25, -0.2) is 0 Å². The molecule has 0 bridgehead atoms. The van der Waals surface area contributed by atoms with Crippen LogP contribution in [-0.2, 0) is 9.47 Å². The molecule has 0 saturated carbocycles. The van der Waals surface area contributed by atoms with E-state index in [0.717, 1.165) is 13.2 Å². The Morgan fingerprint density at radius 2 is 2.00 bits per heavy atom. The Kier molecular flexibility index (Phi) is 4.70. The van der Waals surface area contributed by atoms with Gasteiger partial charge >= 0.3 is 0 Å². The molecule has 1 fully saturated rings. The lowest BCUT2D eigenvalue weighted by molar-refractivity contribution is 0.0600. The van der Waals surface area contributed by atoms with E-state index in [4.69, 9.17) is 9.47 Å². The molecule has 0 atom stereocenters. The van der Waals surface area contributed by atoms with E-state index in [-0.39, 0.29) is 0 Å². The molecular formula is C10H21NO2. The molecule has 0 unspecified atom stereocenters. The molecule has 1 N–H and O–H groups in total. The fourth-order valence-electron chi connectivity index (χ4n) is 1.57. The second-order valence-corrected chi connectivity index (χ2v) is 4.12. The van der Waals surface area contributed by atoms with Crippen molar-refractivity contribution in [2.75, 3.05) is 40.0 Å². The molecule has 0 aliphatic carbocycles. The van der Waals surface area contributed by atoms with Crippen LogP contribution in [-0.4, -0.2) is 40.0 Å². The van der Waals surface area contributed by atoms with Crippen molar-refractivity contribution < 1.29 is 9.47 Å². The molecule has 1 aliphatic heterocycles. The predicted molar refractivity (Wildman–Crippen MR) is 52.9 cm³/mol. The summed E-state index contributed by atoms with van der Waals surface area (Å²) in [6.07, 6.45) is 2.44. The van der Waals surface area contributed by atoms with Gasteiger partial charge in [0.05, 0.1) is 13.2 Å². The van der Waals surface area contributed by atoms with Crippen molar-refractivity contribution in [1.82, 2.24) is 5.32 Å². The smallest absolute Gasteiger partial charge is 0.0700 e. The molecule has 13 heavy (non-hydrogen) atoms. The van der Waals surface area contributed by atoms with Crippen LogP contribution in [0.15, 0.2) is 0 Å². The summed E-state index contributed by atoms with van der Waals surface area (Å²) in [6.45, 7) is 6.98. The molecule has 1 aliphatic rings. The topological polar surface area (TPSA) is 30.5 Å². The monoisotopic (exact) mass is 187 g/mol.